The van der Waals surface area contributed by atoms with Gasteiger partial charge in [-0.2, -0.15) is 0 Å². The van der Waals surface area contributed by atoms with Crippen LogP contribution in [0.25, 0.3) is 6.08 Å². The third-order valence-corrected chi connectivity index (χ3v) is 2.72. The van der Waals surface area contributed by atoms with Gasteiger partial charge in [-0.05, 0) is 17.2 Å². The van der Waals surface area contributed by atoms with Crippen LogP contribution in [0, 0.1) is 0 Å². The zero-order valence-electron chi connectivity index (χ0n) is 5.29. The van der Waals surface area contributed by atoms with Crippen LogP contribution in [0.5, 0.6) is 0 Å². The van der Waals surface area contributed by atoms with Crippen LogP contribution < -0.4 is 0 Å². The number of fused-ring (bicyclic) bond motifs is 1. The SMILES string of the molecule is IC1C=Cc2ccncc21. The van der Waals surface area contributed by atoms with E-state index in [4.69, 9.17) is 0 Å². The van der Waals surface area contributed by atoms with E-state index in [9.17, 15) is 0 Å². The first-order valence-corrected chi connectivity index (χ1v) is 4.38. The maximum absolute atomic E-state index is 4.06. The van der Waals surface area contributed by atoms with Gasteiger partial charge in [0.05, 0.1) is 3.92 Å². The molecule has 0 saturated carbocycles. The maximum Gasteiger partial charge on any atom is 0.0563 e. The van der Waals surface area contributed by atoms with Gasteiger partial charge in [0.15, 0.2) is 0 Å². The minimum atomic E-state index is 0.529. The Balaban J connectivity index is 2.59. The standard InChI is InChI=1S/C8H6IN/c9-8-2-1-6-3-4-10-5-7(6)8/h1-5,8H. The van der Waals surface area contributed by atoms with E-state index in [0.717, 1.165) is 0 Å². The van der Waals surface area contributed by atoms with Gasteiger partial charge in [-0.1, -0.05) is 34.7 Å². The third-order valence-electron chi connectivity index (χ3n) is 1.63. The molecule has 1 aliphatic carbocycles. The largest absolute Gasteiger partial charge is 0.264 e. The van der Waals surface area contributed by atoms with Gasteiger partial charge < -0.3 is 0 Å². The van der Waals surface area contributed by atoms with E-state index < -0.39 is 0 Å². The van der Waals surface area contributed by atoms with E-state index in [-0.39, 0.29) is 0 Å². The predicted octanol–water partition coefficient (Wildman–Crippen LogP) is 2.58. The fraction of sp³-hybridized carbons (Fsp3) is 0.125. The lowest BCUT2D eigenvalue weighted by Crippen LogP contribution is -1.83. The number of allylic oxidation sites excluding steroid dienone is 1. The predicted molar refractivity (Wildman–Crippen MR) is 50.0 cm³/mol. The minimum Gasteiger partial charge on any atom is -0.264 e. The highest BCUT2D eigenvalue weighted by Gasteiger charge is 2.12. The van der Waals surface area contributed by atoms with Crippen LogP contribution in [0.15, 0.2) is 24.5 Å². The van der Waals surface area contributed by atoms with E-state index in [0.29, 0.717) is 3.92 Å². The molecular weight excluding hydrogens is 237 g/mol. The average Bonchev–Trinajstić information content (AvgIpc) is 2.34. The molecule has 1 unspecified atom stereocenters. The second kappa shape index (κ2) is 2.34. The fourth-order valence-electron chi connectivity index (χ4n) is 1.09. The Labute approximate surface area is 73.3 Å². The topological polar surface area (TPSA) is 12.9 Å². The summed E-state index contributed by atoms with van der Waals surface area (Å²) in [6, 6.07) is 2.05. The fourth-order valence-corrected chi connectivity index (χ4v) is 1.82. The number of rotatable bonds is 0. The summed E-state index contributed by atoms with van der Waals surface area (Å²) >= 11 is 2.40. The number of nitrogens with zero attached hydrogens (tertiary/aromatic N) is 1. The zero-order chi connectivity index (χ0) is 6.97. The van der Waals surface area contributed by atoms with Gasteiger partial charge in [-0.15, -0.1) is 0 Å². The van der Waals surface area contributed by atoms with Crippen molar-refractivity contribution >= 4 is 28.7 Å². The molecule has 0 N–H and O–H groups in total. The Bertz CT molecular complexity index is 280. The van der Waals surface area contributed by atoms with Crippen LogP contribution in [-0.4, -0.2) is 4.98 Å². The highest BCUT2D eigenvalue weighted by atomic mass is 127. The molecule has 2 heteroatoms. The van der Waals surface area contributed by atoms with Crippen LogP contribution in [0.2, 0.25) is 0 Å². The quantitative estimate of drug-likeness (QED) is 0.504. The van der Waals surface area contributed by atoms with Crippen molar-refractivity contribution in [2.45, 2.75) is 3.92 Å². The zero-order valence-corrected chi connectivity index (χ0v) is 7.45. The van der Waals surface area contributed by atoms with E-state index in [1.165, 1.54) is 11.1 Å². The van der Waals surface area contributed by atoms with Crippen molar-refractivity contribution in [2.24, 2.45) is 0 Å². The van der Waals surface area contributed by atoms with Crippen LogP contribution in [-0.2, 0) is 0 Å². The van der Waals surface area contributed by atoms with Gasteiger partial charge in [-0.25, -0.2) is 0 Å². The van der Waals surface area contributed by atoms with Crippen molar-refractivity contribution < 1.29 is 0 Å². The Morgan fingerprint density at radius 3 is 3.20 bits per heavy atom. The van der Waals surface area contributed by atoms with Gasteiger partial charge in [0.2, 0.25) is 0 Å². The van der Waals surface area contributed by atoms with E-state index in [1.54, 1.807) is 0 Å². The summed E-state index contributed by atoms with van der Waals surface area (Å²) in [7, 11) is 0. The Morgan fingerprint density at radius 1 is 1.50 bits per heavy atom. The molecule has 1 heterocycles. The molecular formula is C8H6IN. The van der Waals surface area contributed by atoms with Crippen LogP contribution in [0.1, 0.15) is 15.1 Å². The van der Waals surface area contributed by atoms with E-state index >= 15 is 0 Å². The summed E-state index contributed by atoms with van der Waals surface area (Å²) in [5.74, 6) is 0. The first-order valence-electron chi connectivity index (χ1n) is 3.14. The average molecular weight is 243 g/mol. The van der Waals surface area contributed by atoms with Crippen molar-refractivity contribution in [1.29, 1.82) is 0 Å². The molecule has 1 aliphatic rings. The second-order valence-corrected chi connectivity index (χ2v) is 3.61. The Kier molecular flexibility index (Phi) is 1.48. The third kappa shape index (κ3) is 0.868. The second-order valence-electron chi connectivity index (χ2n) is 2.27. The molecule has 0 aliphatic heterocycles. The number of pyridine rings is 1. The molecule has 1 atom stereocenters. The molecule has 0 bridgehead atoms. The molecule has 0 aromatic carbocycles. The van der Waals surface area contributed by atoms with E-state index in [2.05, 4.69) is 39.7 Å². The summed E-state index contributed by atoms with van der Waals surface area (Å²) in [6.07, 6.45) is 8.10. The van der Waals surface area contributed by atoms with Crippen LogP contribution >= 0.6 is 22.6 Å². The van der Waals surface area contributed by atoms with Gasteiger partial charge in [0.1, 0.15) is 0 Å². The van der Waals surface area contributed by atoms with Crippen molar-refractivity contribution in [3.8, 4) is 0 Å². The molecule has 10 heavy (non-hydrogen) atoms. The molecule has 0 amide bonds. The number of hydrogen-bond acceptors (Lipinski definition) is 1. The van der Waals surface area contributed by atoms with Crippen LogP contribution in [0.3, 0.4) is 0 Å². The van der Waals surface area contributed by atoms with Crippen molar-refractivity contribution in [3.63, 3.8) is 0 Å². The lowest BCUT2D eigenvalue weighted by Gasteiger charge is -1.99. The highest BCUT2D eigenvalue weighted by molar-refractivity contribution is 14.1. The monoisotopic (exact) mass is 243 g/mol. The Morgan fingerprint density at radius 2 is 2.40 bits per heavy atom. The molecule has 1 aromatic rings. The smallest absolute Gasteiger partial charge is 0.0563 e. The van der Waals surface area contributed by atoms with E-state index in [1.807, 2.05) is 18.5 Å². The van der Waals surface area contributed by atoms with Crippen molar-refractivity contribution in [3.05, 3.63) is 35.7 Å². The van der Waals surface area contributed by atoms with Crippen molar-refractivity contribution in [2.75, 3.05) is 0 Å². The maximum atomic E-state index is 4.06. The molecule has 50 valence electrons. The lowest BCUT2D eigenvalue weighted by atomic mass is 10.2. The van der Waals surface area contributed by atoms with Gasteiger partial charge in [0.25, 0.3) is 0 Å². The minimum absolute atomic E-state index is 0.529. The molecule has 0 radical (unpaired) electrons. The Hall–Kier alpha value is -0.380. The number of aromatic nitrogens is 1. The molecule has 0 saturated heterocycles. The number of alkyl halides is 1. The first-order chi connectivity index (χ1) is 4.88. The van der Waals surface area contributed by atoms with Gasteiger partial charge in [0, 0.05) is 12.4 Å². The molecule has 0 fully saturated rings. The summed E-state index contributed by atoms with van der Waals surface area (Å²) in [5, 5.41) is 0. The molecule has 0 spiro atoms. The molecule has 1 nitrogen and oxygen atoms in total. The lowest BCUT2D eigenvalue weighted by molar-refractivity contribution is 1.21. The summed E-state index contributed by atoms with van der Waals surface area (Å²) < 4.78 is 0.529. The highest BCUT2D eigenvalue weighted by Crippen LogP contribution is 2.33. The molecule has 2 rings (SSSR count). The summed E-state index contributed by atoms with van der Waals surface area (Å²) in [4.78, 5) is 4.06. The van der Waals surface area contributed by atoms with Crippen LogP contribution in [0.4, 0.5) is 0 Å². The summed E-state index contributed by atoms with van der Waals surface area (Å²) in [5.41, 5.74) is 2.65. The number of hydrogen-bond donors (Lipinski definition) is 0. The normalized spacial score (nSPS) is 21.1. The molecule has 1 aromatic heterocycles. The first kappa shape index (κ1) is 6.34. The summed E-state index contributed by atoms with van der Waals surface area (Å²) in [6.45, 7) is 0. The van der Waals surface area contributed by atoms with Gasteiger partial charge in [-0.3, -0.25) is 4.98 Å². The number of halogens is 1. The van der Waals surface area contributed by atoms with Crippen molar-refractivity contribution in [1.82, 2.24) is 4.98 Å². The van der Waals surface area contributed by atoms with Gasteiger partial charge >= 0.3 is 0 Å².